The lowest BCUT2D eigenvalue weighted by atomic mass is 10.3. The van der Waals surface area contributed by atoms with Gasteiger partial charge in [-0.3, -0.25) is 0 Å². The van der Waals surface area contributed by atoms with Gasteiger partial charge < -0.3 is 0 Å². The van der Waals surface area contributed by atoms with Crippen molar-refractivity contribution in [2.45, 2.75) is 13.0 Å². The first-order valence-corrected chi connectivity index (χ1v) is 10.1. The molecule has 0 nitrogen and oxygen atoms in total. The molecule has 0 unspecified atom stereocenters. The van der Waals surface area contributed by atoms with E-state index in [2.05, 4.69) is 103 Å². The van der Waals surface area contributed by atoms with Crippen molar-refractivity contribution in [1.29, 1.82) is 0 Å². The Labute approximate surface area is 139 Å². The van der Waals surface area contributed by atoms with Crippen LogP contribution in [0.1, 0.15) is 6.92 Å². The van der Waals surface area contributed by atoms with Crippen LogP contribution >= 0.6 is 0 Å². The molecular weight excluding hydrogens is 292 g/mol. The van der Waals surface area contributed by atoms with Crippen molar-refractivity contribution in [2.75, 3.05) is 0 Å². The van der Waals surface area contributed by atoms with Crippen molar-refractivity contribution >= 4 is 23.6 Å². The molecule has 0 spiro atoms. The van der Waals surface area contributed by atoms with Gasteiger partial charge in [-0.05, 0) is 22.5 Å². The van der Waals surface area contributed by atoms with Gasteiger partial charge in [0.25, 0.3) is 0 Å². The van der Waals surface area contributed by atoms with Crippen LogP contribution < -0.4 is 15.6 Å². The minimum atomic E-state index is -2.12. The molecule has 0 amide bonds. The van der Waals surface area contributed by atoms with Crippen LogP contribution in [0.2, 0.25) is 6.04 Å². The summed E-state index contributed by atoms with van der Waals surface area (Å²) in [6.45, 7) is 1.93. The van der Waals surface area contributed by atoms with Crippen LogP contribution in [0.4, 0.5) is 0 Å². The van der Waals surface area contributed by atoms with Crippen LogP contribution in [-0.4, -0.2) is 8.07 Å². The van der Waals surface area contributed by atoms with Gasteiger partial charge in [-0.1, -0.05) is 91.0 Å². The molecule has 23 heavy (non-hydrogen) atoms. The van der Waals surface area contributed by atoms with E-state index in [4.69, 9.17) is 0 Å². The Balaban J connectivity index is 2.31. The van der Waals surface area contributed by atoms with Crippen LogP contribution in [0, 0.1) is 11.8 Å². The maximum atomic E-state index is 3.40. The SMILES string of the molecule is CC#CC[Si](c1ccccc1)(c1ccccc1)c1ccccc1. The van der Waals surface area contributed by atoms with E-state index in [0.717, 1.165) is 6.04 Å². The van der Waals surface area contributed by atoms with Gasteiger partial charge in [-0.15, -0.1) is 11.8 Å². The van der Waals surface area contributed by atoms with Crippen LogP contribution in [0.25, 0.3) is 0 Å². The summed E-state index contributed by atoms with van der Waals surface area (Å²) in [5.74, 6) is 6.51. The summed E-state index contributed by atoms with van der Waals surface area (Å²) < 4.78 is 0. The zero-order chi connectivity index (χ0) is 16.0. The lowest BCUT2D eigenvalue weighted by molar-refractivity contribution is 1.60. The van der Waals surface area contributed by atoms with Crippen LogP contribution in [-0.2, 0) is 0 Å². The van der Waals surface area contributed by atoms with E-state index in [1.54, 1.807) is 0 Å². The first-order chi connectivity index (χ1) is 11.4. The van der Waals surface area contributed by atoms with Crippen LogP contribution in [0.5, 0.6) is 0 Å². The molecule has 3 rings (SSSR count). The summed E-state index contributed by atoms with van der Waals surface area (Å²) in [7, 11) is -2.12. The predicted octanol–water partition coefficient (Wildman–Crippen LogP) is 3.18. The van der Waals surface area contributed by atoms with Gasteiger partial charge >= 0.3 is 0 Å². The van der Waals surface area contributed by atoms with Gasteiger partial charge in [0.15, 0.2) is 8.07 Å². The average molecular weight is 312 g/mol. The van der Waals surface area contributed by atoms with E-state index >= 15 is 0 Å². The van der Waals surface area contributed by atoms with Crippen molar-refractivity contribution in [3.63, 3.8) is 0 Å². The number of rotatable bonds is 4. The highest BCUT2D eigenvalue weighted by Gasteiger charge is 2.38. The second-order valence-corrected chi connectivity index (χ2v) is 9.50. The third kappa shape index (κ3) is 2.99. The van der Waals surface area contributed by atoms with E-state index in [9.17, 15) is 0 Å². The summed E-state index contributed by atoms with van der Waals surface area (Å²) in [5, 5.41) is 4.25. The van der Waals surface area contributed by atoms with Crippen molar-refractivity contribution < 1.29 is 0 Å². The Kier molecular flexibility index (Phi) is 4.76. The molecule has 0 aliphatic rings. The molecule has 0 saturated carbocycles. The van der Waals surface area contributed by atoms with E-state index in [0.29, 0.717) is 0 Å². The molecule has 1 heteroatoms. The fraction of sp³-hybridized carbons (Fsp3) is 0.0909. The molecule has 0 atom stereocenters. The fourth-order valence-corrected chi connectivity index (χ4v) is 7.53. The Morgan fingerprint density at radius 3 is 1.26 bits per heavy atom. The Bertz CT molecular complexity index is 699. The quantitative estimate of drug-likeness (QED) is 0.394. The summed E-state index contributed by atoms with van der Waals surface area (Å²) in [6.07, 6.45) is 0. The van der Waals surface area contributed by atoms with Gasteiger partial charge in [0.1, 0.15) is 0 Å². The van der Waals surface area contributed by atoms with E-state index < -0.39 is 8.07 Å². The lowest BCUT2D eigenvalue weighted by Crippen LogP contribution is -2.66. The maximum Gasteiger partial charge on any atom is 0.159 e. The van der Waals surface area contributed by atoms with Crippen molar-refractivity contribution in [3.05, 3.63) is 91.0 Å². The first-order valence-electron chi connectivity index (χ1n) is 7.94. The van der Waals surface area contributed by atoms with Gasteiger partial charge in [0, 0.05) is 6.04 Å². The normalized spacial score (nSPS) is 10.7. The fourth-order valence-electron chi connectivity index (χ4n) is 3.20. The third-order valence-corrected chi connectivity index (χ3v) is 8.99. The molecule has 112 valence electrons. The zero-order valence-corrected chi connectivity index (χ0v) is 14.4. The number of benzene rings is 3. The molecule has 0 radical (unpaired) electrons. The second-order valence-electron chi connectivity index (χ2n) is 5.61. The molecule has 3 aromatic rings. The summed E-state index contributed by atoms with van der Waals surface area (Å²) in [5.41, 5.74) is 0. The van der Waals surface area contributed by atoms with Crippen LogP contribution in [0.3, 0.4) is 0 Å². The third-order valence-electron chi connectivity index (χ3n) is 4.33. The lowest BCUT2D eigenvalue weighted by Gasteiger charge is -2.32. The molecule has 0 aliphatic heterocycles. The second kappa shape index (κ2) is 7.13. The summed E-state index contributed by atoms with van der Waals surface area (Å²) in [4.78, 5) is 0. The zero-order valence-electron chi connectivity index (χ0n) is 13.4. The molecule has 0 heterocycles. The highest BCUT2D eigenvalue weighted by atomic mass is 28.3. The Morgan fingerprint density at radius 2 is 0.957 bits per heavy atom. The Hall–Kier alpha value is -2.56. The minimum Gasteiger partial charge on any atom is -0.107 e. The smallest absolute Gasteiger partial charge is 0.107 e. The average Bonchev–Trinajstić information content (AvgIpc) is 2.65. The standard InChI is InChI=1S/C22H20Si/c1-2-3-19-23(20-13-7-4-8-14-20,21-15-9-5-10-16-21)22-17-11-6-12-18-22/h4-18H,19H2,1H3. The van der Waals surface area contributed by atoms with Gasteiger partial charge in [0.2, 0.25) is 0 Å². The summed E-state index contributed by atoms with van der Waals surface area (Å²) in [6, 6.07) is 33.6. The minimum absolute atomic E-state index is 0.904. The first kappa shape index (κ1) is 15.3. The van der Waals surface area contributed by atoms with Gasteiger partial charge in [-0.25, -0.2) is 0 Å². The largest absolute Gasteiger partial charge is 0.159 e. The highest BCUT2D eigenvalue weighted by Crippen LogP contribution is 2.12. The number of hydrogen-bond acceptors (Lipinski definition) is 0. The molecule has 0 fully saturated rings. The van der Waals surface area contributed by atoms with E-state index in [1.807, 2.05) is 6.92 Å². The molecule has 0 bridgehead atoms. The van der Waals surface area contributed by atoms with Gasteiger partial charge in [0.05, 0.1) is 0 Å². The molecule has 3 aromatic carbocycles. The molecule has 0 saturated heterocycles. The van der Waals surface area contributed by atoms with Crippen molar-refractivity contribution in [2.24, 2.45) is 0 Å². The Morgan fingerprint density at radius 1 is 0.609 bits per heavy atom. The van der Waals surface area contributed by atoms with E-state index in [-0.39, 0.29) is 0 Å². The van der Waals surface area contributed by atoms with E-state index in [1.165, 1.54) is 15.6 Å². The number of hydrogen-bond donors (Lipinski definition) is 0. The molecular formula is C22H20Si. The van der Waals surface area contributed by atoms with Crippen LogP contribution in [0.15, 0.2) is 91.0 Å². The molecule has 0 aromatic heterocycles. The topological polar surface area (TPSA) is 0 Å². The van der Waals surface area contributed by atoms with Crippen molar-refractivity contribution in [1.82, 2.24) is 0 Å². The summed E-state index contributed by atoms with van der Waals surface area (Å²) >= 11 is 0. The van der Waals surface area contributed by atoms with Gasteiger partial charge in [-0.2, -0.15) is 0 Å². The predicted molar refractivity (Wildman–Crippen MR) is 102 cm³/mol. The van der Waals surface area contributed by atoms with Crippen molar-refractivity contribution in [3.8, 4) is 11.8 Å². The maximum absolute atomic E-state index is 3.40. The highest BCUT2D eigenvalue weighted by molar-refractivity contribution is 7.11. The molecule has 0 N–H and O–H groups in total. The monoisotopic (exact) mass is 312 g/mol. The molecule has 0 aliphatic carbocycles.